The largest absolute Gasteiger partial charge is 0.378 e. The number of hydrogen-bond acceptors (Lipinski definition) is 4. The number of rotatable bonds is 8. The molecule has 18 heavy (non-hydrogen) atoms. The molecule has 0 spiro atoms. The van der Waals surface area contributed by atoms with Gasteiger partial charge in [-0.1, -0.05) is 0 Å². The van der Waals surface area contributed by atoms with Gasteiger partial charge in [0.05, 0.1) is 12.2 Å². The van der Waals surface area contributed by atoms with Crippen molar-refractivity contribution in [2.24, 2.45) is 11.8 Å². The van der Waals surface area contributed by atoms with Crippen LogP contribution in [0.15, 0.2) is 0 Å². The SMILES string of the molecule is CCOC1CC(CC(CCC2CCCO2)NN)C1. The van der Waals surface area contributed by atoms with E-state index in [2.05, 4.69) is 12.3 Å². The van der Waals surface area contributed by atoms with Crippen molar-refractivity contribution in [1.29, 1.82) is 0 Å². The van der Waals surface area contributed by atoms with Gasteiger partial charge in [-0.05, 0) is 57.8 Å². The molecule has 0 aromatic heterocycles. The summed E-state index contributed by atoms with van der Waals surface area (Å²) in [7, 11) is 0. The first-order valence-electron chi connectivity index (χ1n) is 7.51. The molecule has 2 aliphatic rings. The summed E-state index contributed by atoms with van der Waals surface area (Å²) in [5.74, 6) is 6.45. The molecule has 4 nitrogen and oxygen atoms in total. The van der Waals surface area contributed by atoms with Crippen molar-refractivity contribution in [3.63, 3.8) is 0 Å². The highest BCUT2D eigenvalue weighted by Gasteiger charge is 2.31. The summed E-state index contributed by atoms with van der Waals surface area (Å²) < 4.78 is 11.2. The molecule has 2 fully saturated rings. The predicted molar refractivity (Wildman–Crippen MR) is 72.1 cm³/mol. The summed E-state index contributed by atoms with van der Waals surface area (Å²) in [4.78, 5) is 0. The van der Waals surface area contributed by atoms with Crippen LogP contribution in [0.2, 0.25) is 0 Å². The van der Waals surface area contributed by atoms with Crippen molar-refractivity contribution in [2.75, 3.05) is 13.2 Å². The third kappa shape index (κ3) is 4.19. The standard InChI is InChI=1S/C14H28N2O2/c1-2-17-14-9-11(10-14)8-12(16-15)5-6-13-4-3-7-18-13/h11-14,16H,2-10,15H2,1H3. The predicted octanol–water partition coefficient (Wildman–Crippen LogP) is 1.98. The van der Waals surface area contributed by atoms with Crippen LogP contribution in [0.25, 0.3) is 0 Å². The van der Waals surface area contributed by atoms with E-state index in [-0.39, 0.29) is 0 Å². The van der Waals surface area contributed by atoms with E-state index in [0.717, 1.165) is 32.0 Å². The molecule has 0 amide bonds. The van der Waals surface area contributed by atoms with Gasteiger partial charge in [-0.2, -0.15) is 0 Å². The minimum atomic E-state index is 0.446. The maximum absolute atomic E-state index is 5.66. The lowest BCUT2D eigenvalue weighted by Crippen LogP contribution is -2.41. The second-order valence-corrected chi connectivity index (χ2v) is 5.73. The second kappa shape index (κ2) is 7.43. The smallest absolute Gasteiger partial charge is 0.0580 e. The molecule has 1 saturated heterocycles. The number of ether oxygens (including phenoxy) is 2. The van der Waals surface area contributed by atoms with Crippen molar-refractivity contribution in [1.82, 2.24) is 5.43 Å². The van der Waals surface area contributed by atoms with Crippen LogP contribution in [0, 0.1) is 5.92 Å². The van der Waals surface area contributed by atoms with Crippen LogP contribution in [-0.4, -0.2) is 31.5 Å². The first-order chi connectivity index (χ1) is 8.81. The topological polar surface area (TPSA) is 56.5 Å². The molecular weight excluding hydrogens is 228 g/mol. The molecule has 2 atom stereocenters. The minimum Gasteiger partial charge on any atom is -0.378 e. The molecule has 1 saturated carbocycles. The fourth-order valence-corrected chi connectivity index (χ4v) is 3.17. The van der Waals surface area contributed by atoms with E-state index in [1.165, 1.54) is 32.1 Å². The summed E-state index contributed by atoms with van der Waals surface area (Å²) in [5.41, 5.74) is 2.98. The summed E-state index contributed by atoms with van der Waals surface area (Å²) in [6.07, 6.45) is 9.35. The molecule has 0 aromatic rings. The lowest BCUT2D eigenvalue weighted by molar-refractivity contribution is -0.0296. The first-order valence-corrected chi connectivity index (χ1v) is 7.51. The van der Waals surface area contributed by atoms with Crippen molar-refractivity contribution in [2.45, 2.75) is 70.1 Å². The third-order valence-electron chi connectivity index (χ3n) is 4.31. The monoisotopic (exact) mass is 256 g/mol. The molecule has 0 aromatic carbocycles. The first kappa shape index (κ1) is 14.3. The Morgan fingerprint density at radius 3 is 2.89 bits per heavy atom. The Hall–Kier alpha value is -0.160. The van der Waals surface area contributed by atoms with Gasteiger partial charge in [0.15, 0.2) is 0 Å². The summed E-state index contributed by atoms with van der Waals surface area (Å²) in [5, 5.41) is 0. The summed E-state index contributed by atoms with van der Waals surface area (Å²) >= 11 is 0. The third-order valence-corrected chi connectivity index (χ3v) is 4.31. The van der Waals surface area contributed by atoms with Gasteiger partial charge in [0.25, 0.3) is 0 Å². The zero-order valence-electron chi connectivity index (χ0n) is 11.6. The van der Waals surface area contributed by atoms with E-state index >= 15 is 0 Å². The van der Waals surface area contributed by atoms with Crippen LogP contribution in [0.5, 0.6) is 0 Å². The zero-order valence-corrected chi connectivity index (χ0v) is 11.6. The lowest BCUT2D eigenvalue weighted by Gasteiger charge is -2.37. The molecule has 1 aliphatic carbocycles. The van der Waals surface area contributed by atoms with Gasteiger partial charge in [0, 0.05) is 19.3 Å². The summed E-state index contributed by atoms with van der Waals surface area (Å²) in [6, 6.07) is 0.446. The molecule has 106 valence electrons. The molecule has 2 unspecified atom stereocenters. The highest BCUT2D eigenvalue weighted by molar-refractivity contribution is 4.84. The molecule has 4 heteroatoms. The van der Waals surface area contributed by atoms with Gasteiger partial charge in [0.1, 0.15) is 0 Å². The lowest BCUT2D eigenvalue weighted by atomic mass is 9.77. The Morgan fingerprint density at radius 1 is 1.44 bits per heavy atom. The van der Waals surface area contributed by atoms with Gasteiger partial charge in [-0.25, -0.2) is 0 Å². The van der Waals surface area contributed by atoms with Gasteiger partial charge in [-0.15, -0.1) is 0 Å². The normalized spacial score (nSPS) is 33.3. The van der Waals surface area contributed by atoms with Crippen LogP contribution in [0.3, 0.4) is 0 Å². The number of nitrogens with one attached hydrogen (secondary N) is 1. The number of hydrogen-bond donors (Lipinski definition) is 2. The van der Waals surface area contributed by atoms with E-state index in [1.807, 2.05) is 0 Å². The molecule has 2 rings (SSSR count). The fraction of sp³-hybridized carbons (Fsp3) is 1.00. The van der Waals surface area contributed by atoms with Crippen molar-refractivity contribution >= 4 is 0 Å². The van der Waals surface area contributed by atoms with Crippen molar-refractivity contribution in [3.8, 4) is 0 Å². The minimum absolute atomic E-state index is 0.446. The molecule has 0 radical (unpaired) electrons. The highest BCUT2D eigenvalue weighted by Crippen LogP contribution is 2.34. The molecule has 1 heterocycles. The maximum atomic E-state index is 5.66. The molecule has 1 aliphatic heterocycles. The molecule has 0 bridgehead atoms. The second-order valence-electron chi connectivity index (χ2n) is 5.73. The van der Waals surface area contributed by atoms with Gasteiger partial charge in [-0.3, -0.25) is 11.3 Å². The Bertz CT molecular complexity index is 226. The zero-order chi connectivity index (χ0) is 12.8. The Kier molecular flexibility index (Phi) is 5.89. The summed E-state index contributed by atoms with van der Waals surface area (Å²) in [6.45, 7) is 3.86. The van der Waals surface area contributed by atoms with Gasteiger partial charge in [0.2, 0.25) is 0 Å². The van der Waals surface area contributed by atoms with E-state index in [0.29, 0.717) is 18.2 Å². The van der Waals surface area contributed by atoms with Gasteiger partial charge >= 0.3 is 0 Å². The van der Waals surface area contributed by atoms with Crippen LogP contribution < -0.4 is 11.3 Å². The quantitative estimate of drug-likeness (QED) is 0.515. The van der Waals surface area contributed by atoms with Crippen molar-refractivity contribution < 1.29 is 9.47 Å². The number of nitrogens with two attached hydrogens (primary N) is 1. The highest BCUT2D eigenvalue weighted by atomic mass is 16.5. The maximum Gasteiger partial charge on any atom is 0.0580 e. The average Bonchev–Trinajstić information content (AvgIpc) is 2.84. The van der Waals surface area contributed by atoms with Gasteiger partial charge < -0.3 is 9.47 Å². The van der Waals surface area contributed by atoms with Crippen LogP contribution in [0.1, 0.15) is 51.9 Å². The van der Waals surface area contributed by atoms with Crippen LogP contribution >= 0.6 is 0 Å². The van der Waals surface area contributed by atoms with E-state index in [1.54, 1.807) is 0 Å². The number of hydrazine groups is 1. The van der Waals surface area contributed by atoms with Crippen LogP contribution in [-0.2, 0) is 9.47 Å². The molecular formula is C14H28N2O2. The average molecular weight is 256 g/mol. The van der Waals surface area contributed by atoms with Crippen LogP contribution in [0.4, 0.5) is 0 Å². The van der Waals surface area contributed by atoms with E-state index < -0.39 is 0 Å². The Morgan fingerprint density at radius 2 is 2.28 bits per heavy atom. The van der Waals surface area contributed by atoms with Crippen molar-refractivity contribution in [3.05, 3.63) is 0 Å². The molecule has 3 N–H and O–H groups in total. The van der Waals surface area contributed by atoms with E-state index in [9.17, 15) is 0 Å². The Balaban J connectivity index is 1.57. The Labute approximate surface area is 111 Å². The van der Waals surface area contributed by atoms with E-state index in [4.69, 9.17) is 15.3 Å². The fourth-order valence-electron chi connectivity index (χ4n) is 3.17.